The zero-order chi connectivity index (χ0) is 22.9. The van der Waals surface area contributed by atoms with Gasteiger partial charge in [-0.05, 0) is 42.8 Å². The van der Waals surface area contributed by atoms with Gasteiger partial charge >= 0.3 is 5.63 Å². The van der Waals surface area contributed by atoms with Crippen LogP contribution < -0.4 is 10.9 Å². The molecular weight excluding hydrogens is 440 g/mol. The summed E-state index contributed by atoms with van der Waals surface area (Å²) < 4.78 is 10.7. The molecule has 0 radical (unpaired) electrons. The zero-order valence-electron chi connectivity index (χ0n) is 17.5. The lowest BCUT2D eigenvalue weighted by atomic mass is 10.0. The van der Waals surface area contributed by atoms with Gasteiger partial charge in [0.05, 0.1) is 10.6 Å². The van der Waals surface area contributed by atoms with Crippen molar-refractivity contribution in [1.82, 2.24) is 5.16 Å². The van der Waals surface area contributed by atoms with Crippen molar-refractivity contribution < 1.29 is 13.7 Å². The first-order valence-electron chi connectivity index (χ1n) is 10.2. The summed E-state index contributed by atoms with van der Waals surface area (Å²) in [6, 6.07) is 23.2. The molecule has 0 fully saturated rings. The highest BCUT2D eigenvalue weighted by atomic mass is 35.5. The highest BCUT2D eigenvalue weighted by molar-refractivity contribution is 6.33. The predicted octanol–water partition coefficient (Wildman–Crippen LogP) is 6.33. The summed E-state index contributed by atoms with van der Waals surface area (Å²) in [5, 5.41) is 8.18. The van der Waals surface area contributed by atoms with Gasteiger partial charge in [-0.1, -0.05) is 65.3 Å². The number of benzene rings is 3. The molecule has 0 aliphatic heterocycles. The van der Waals surface area contributed by atoms with E-state index in [1.807, 2.05) is 24.3 Å². The van der Waals surface area contributed by atoms with Crippen molar-refractivity contribution in [3.05, 3.63) is 106 Å². The van der Waals surface area contributed by atoms with Gasteiger partial charge in [0.25, 0.3) is 5.91 Å². The quantitative estimate of drug-likeness (QED) is 0.319. The highest BCUT2D eigenvalue weighted by Crippen LogP contribution is 2.32. The number of para-hydroxylation sites is 1. The number of hydrogen-bond donors (Lipinski definition) is 1. The van der Waals surface area contributed by atoms with E-state index in [2.05, 4.69) is 10.5 Å². The van der Waals surface area contributed by atoms with E-state index in [1.165, 1.54) is 0 Å². The van der Waals surface area contributed by atoms with Crippen LogP contribution in [-0.2, 0) is 0 Å². The van der Waals surface area contributed by atoms with Crippen LogP contribution in [0.3, 0.4) is 0 Å². The Morgan fingerprint density at radius 1 is 0.939 bits per heavy atom. The molecule has 1 amide bonds. The molecule has 2 heterocycles. The number of amides is 1. The van der Waals surface area contributed by atoms with E-state index in [9.17, 15) is 9.59 Å². The molecule has 0 spiro atoms. The smallest absolute Gasteiger partial charge is 0.344 e. The van der Waals surface area contributed by atoms with Gasteiger partial charge in [-0.2, -0.15) is 0 Å². The predicted molar refractivity (Wildman–Crippen MR) is 128 cm³/mol. The van der Waals surface area contributed by atoms with E-state index in [-0.39, 0.29) is 0 Å². The summed E-state index contributed by atoms with van der Waals surface area (Å²) in [5.41, 5.74) is 2.86. The van der Waals surface area contributed by atoms with Crippen molar-refractivity contribution in [2.75, 3.05) is 5.32 Å². The third-order valence-electron chi connectivity index (χ3n) is 5.29. The second-order valence-electron chi connectivity index (χ2n) is 7.46. The number of rotatable bonds is 4. The number of carbonyl (C=O) groups is 1. The second kappa shape index (κ2) is 8.41. The number of aromatic nitrogens is 1. The van der Waals surface area contributed by atoms with E-state index >= 15 is 0 Å². The molecule has 3 aromatic carbocycles. The molecular formula is C26H17ClN2O4. The Bertz CT molecular complexity index is 1570. The Balaban J connectivity index is 1.49. The topological polar surface area (TPSA) is 85.3 Å². The Kier molecular flexibility index (Phi) is 5.28. The lowest BCUT2D eigenvalue weighted by molar-refractivity contribution is 0.102. The van der Waals surface area contributed by atoms with E-state index in [0.29, 0.717) is 50.0 Å². The molecule has 162 valence electrons. The lowest BCUT2D eigenvalue weighted by Crippen LogP contribution is -2.13. The first kappa shape index (κ1) is 20.7. The van der Waals surface area contributed by atoms with Crippen molar-refractivity contribution in [2.24, 2.45) is 0 Å². The average Bonchev–Trinajstić information content (AvgIpc) is 3.20. The zero-order valence-corrected chi connectivity index (χ0v) is 18.2. The van der Waals surface area contributed by atoms with Gasteiger partial charge < -0.3 is 14.3 Å². The summed E-state index contributed by atoms with van der Waals surface area (Å²) >= 11 is 6.30. The van der Waals surface area contributed by atoms with E-state index in [4.69, 9.17) is 20.5 Å². The molecule has 0 saturated carbocycles. The number of aryl methyl sites for hydroxylation is 1. The van der Waals surface area contributed by atoms with Crippen LogP contribution in [0.25, 0.3) is 33.4 Å². The van der Waals surface area contributed by atoms with Gasteiger partial charge in [0.2, 0.25) is 0 Å². The molecule has 1 N–H and O–H groups in total. The second-order valence-corrected chi connectivity index (χ2v) is 7.87. The number of nitrogens with one attached hydrogen (secondary N) is 1. The van der Waals surface area contributed by atoms with Crippen LogP contribution in [0.2, 0.25) is 5.02 Å². The number of carbonyl (C=O) groups excluding carboxylic acids is 1. The maximum atomic E-state index is 13.2. The van der Waals surface area contributed by atoms with Crippen LogP contribution in [0.15, 0.2) is 92.6 Å². The van der Waals surface area contributed by atoms with E-state index in [0.717, 1.165) is 5.39 Å². The summed E-state index contributed by atoms with van der Waals surface area (Å²) in [7, 11) is 0. The van der Waals surface area contributed by atoms with Crippen molar-refractivity contribution in [1.29, 1.82) is 0 Å². The third kappa shape index (κ3) is 3.92. The average molecular weight is 457 g/mol. The van der Waals surface area contributed by atoms with Gasteiger partial charge in [0, 0.05) is 16.6 Å². The molecule has 5 rings (SSSR count). The molecule has 0 saturated heterocycles. The van der Waals surface area contributed by atoms with Crippen LogP contribution in [0.4, 0.5) is 5.69 Å². The van der Waals surface area contributed by atoms with Crippen molar-refractivity contribution in [3.8, 4) is 22.4 Å². The number of nitrogens with zero attached hydrogens (tertiary/aromatic N) is 1. The lowest BCUT2D eigenvalue weighted by Gasteiger charge is -2.09. The minimum absolute atomic E-state index is 0.290. The van der Waals surface area contributed by atoms with Crippen LogP contribution in [0, 0.1) is 6.92 Å². The van der Waals surface area contributed by atoms with Crippen LogP contribution in [-0.4, -0.2) is 11.1 Å². The van der Waals surface area contributed by atoms with Crippen LogP contribution in [0.5, 0.6) is 0 Å². The maximum absolute atomic E-state index is 13.2. The van der Waals surface area contributed by atoms with E-state index in [1.54, 1.807) is 61.5 Å². The van der Waals surface area contributed by atoms with Gasteiger partial charge in [0.1, 0.15) is 22.6 Å². The SMILES string of the molecule is Cc1onc(-c2ccccc2Cl)c1C(=O)Nc1cccc(-c2cc3ccccc3oc2=O)c1. The Morgan fingerprint density at radius 2 is 1.73 bits per heavy atom. The molecule has 0 bridgehead atoms. The Hall–Kier alpha value is -4.16. The third-order valence-corrected chi connectivity index (χ3v) is 5.62. The molecule has 0 aliphatic rings. The normalized spacial score (nSPS) is 11.0. The van der Waals surface area contributed by atoms with Crippen molar-refractivity contribution in [3.63, 3.8) is 0 Å². The fourth-order valence-corrected chi connectivity index (χ4v) is 3.92. The largest absolute Gasteiger partial charge is 0.422 e. The fourth-order valence-electron chi connectivity index (χ4n) is 3.70. The maximum Gasteiger partial charge on any atom is 0.344 e. The molecule has 33 heavy (non-hydrogen) atoms. The van der Waals surface area contributed by atoms with Crippen molar-refractivity contribution >= 4 is 34.2 Å². The monoisotopic (exact) mass is 456 g/mol. The minimum Gasteiger partial charge on any atom is -0.422 e. The number of anilines is 1. The van der Waals surface area contributed by atoms with Gasteiger partial charge in [-0.25, -0.2) is 4.79 Å². The molecule has 0 aliphatic carbocycles. The first-order valence-corrected chi connectivity index (χ1v) is 10.5. The highest BCUT2D eigenvalue weighted by Gasteiger charge is 2.23. The minimum atomic E-state index is -0.451. The molecule has 5 aromatic rings. The molecule has 0 atom stereocenters. The number of fused-ring (bicyclic) bond motifs is 1. The van der Waals surface area contributed by atoms with Crippen LogP contribution >= 0.6 is 11.6 Å². The fraction of sp³-hybridized carbons (Fsp3) is 0.0385. The summed E-state index contributed by atoms with van der Waals surface area (Å²) in [6.07, 6.45) is 0. The number of hydrogen-bond acceptors (Lipinski definition) is 5. The molecule has 0 unspecified atom stereocenters. The molecule has 2 aromatic heterocycles. The standard InChI is InChI=1S/C26H17ClN2O4/c1-15-23(24(29-33-15)19-10-3-4-11-21(19)27)25(30)28-18-9-6-8-16(13-18)20-14-17-7-2-5-12-22(17)32-26(20)31/h2-14H,1H3,(H,28,30). The molecule has 7 heteroatoms. The van der Waals surface area contributed by atoms with Crippen LogP contribution in [0.1, 0.15) is 16.1 Å². The van der Waals surface area contributed by atoms with Gasteiger partial charge in [-0.15, -0.1) is 0 Å². The Labute approximate surface area is 193 Å². The van der Waals surface area contributed by atoms with Crippen molar-refractivity contribution in [2.45, 2.75) is 6.92 Å². The molecule has 6 nitrogen and oxygen atoms in total. The van der Waals surface area contributed by atoms with E-state index < -0.39 is 11.5 Å². The first-order chi connectivity index (χ1) is 16.0. The number of halogens is 1. The van der Waals surface area contributed by atoms with Gasteiger partial charge in [-0.3, -0.25) is 4.79 Å². The van der Waals surface area contributed by atoms with Gasteiger partial charge in [0.15, 0.2) is 0 Å². The summed E-state index contributed by atoms with van der Waals surface area (Å²) in [6.45, 7) is 1.67. The summed E-state index contributed by atoms with van der Waals surface area (Å²) in [5.74, 6) is -0.0277. The Morgan fingerprint density at radius 3 is 2.58 bits per heavy atom. The summed E-state index contributed by atoms with van der Waals surface area (Å²) in [4.78, 5) is 25.7.